The topological polar surface area (TPSA) is 53.1 Å². The molecule has 1 rings (SSSR count). The fraction of sp³-hybridized carbons (Fsp3) is 0.889. The van der Waals surface area contributed by atoms with E-state index in [0.29, 0.717) is 13.0 Å². The molecule has 0 aromatic heterocycles. The van der Waals surface area contributed by atoms with E-state index in [-0.39, 0.29) is 18.4 Å². The van der Waals surface area contributed by atoms with Crippen molar-refractivity contribution in [2.24, 2.45) is 5.73 Å². The smallest absolute Gasteiger partial charge is 0.388 e. The van der Waals surface area contributed by atoms with Crippen molar-refractivity contribution >= 4 is 5.84 Å². The third-order valence-electron chi connectivity index (χ3n) is 2.41. The maximum atomic E-state index is 12.0. The van der Waals surface area contributed by atoms with Crippen LogP contribution in [0.1, 0.15) is 25.7 Å². The van der Waals surface area contributed by atoms with E-state index in [9.17, 15) is 13.2 Å². The number of nitrogens with two attached hydrogens (primary N) is 1. The molecule has 0 atom stereocenters. The van der Waals surface area contributed by atoms with Gasteiger partial charge in [0, 0.05) is 25.6 Å². The summed E-state index contributed by atoms with van der Waals surface area (Å²) in [6.07, 6.45) is -2.58. The van der Waals surface area contributed by atoms with Gasteiger partial charge in [-0.15, -0.1) is 0 Å². The molecular weight excluding hydrogens is 207 g/mol. The first-order valence-corrected chi connectivity index (χ1v) is 5.02. The van der Waals surface area contributed by atoms with E-state index in [4.69, 9.17) is 11.1 Å². The Morgan fingerprint density at radius 3 is 2.33 bits per heavy atom. The van der Waals surface area contributed by atoms with Crippen LogP contribution in [0.25, 0.3) is 0 Å². The molecule has 0 unspecified atom stereocenters. The second kappa shape index (κ2) is 4.83. The van der Waals surface area contributed by atoms with E-state index in [1.165, 1.54) is 0 Å². The number of nitrogens with zero attached hydrogens (tertiary/aromatic N) is 1. The van der Waals surface area contributed by atoms with Crippen LogP contribution in [-0.4, -0.2) is 36.0 Å². The van der Waals surface area contributed by atoms with E-state index >= 15 is 0 Å². The van der Waals surface area contributed by atoms with E-state index in [0.717, 1.165) is 12.8 Å². The highest BCUT2D eigenvalue weighted by atomic mass is 19.4. The summed E-state index contributed by atoms with van der Waals surface area (Å²) in [5, 5.41) is 7.03. The van der Waals surface area contributed by atoms with Crippen molar-refractivity contribution in [3.05, 3.63) is 0 Å². The molecule has 3 nitrogen and oxygen atoms in total. The van der Waals surface area contributed by atoms with Gasteiger partial charge in [-0.3, -0.25) is 10.3 Å². The van der Waals surface area contributed by atoms with Gasteiger partial charge in [0.2, 0.25) is 0 Å². The molecule has 0 aliphatic heterocycles. The zero-order valence-electron chi connectivity index (χ0n) is 8.48. The molecule has 0 saturated heterocycles. The van der Waals surface area contributed by atoms with Crippen LogP contribution in [0.5, 0.6) is 0 Å². The van der Waals surface area contributed by atoms with Crippen molar-refractivity contribution in [2.45, 2.75) is 37.9 Å². The Balaban J connectivity index is 2.27. The SMILES string of the molecule is N=C(N)CCN(CCC(F)(F)F)C1CC1. The molecule has 0 aromatic carbocycles. The first-order chi connectivity index (χ1) is 6.88. The maximum absolute atomic E-state index is 12.0. The molecule has 0 bridgehead atoms. The lowest BCUT2D eigenvalue weighted by Gasteiger charge is -2.22. The molecule has 88 valence electrons. The maximum Gasteiger partial charge on any atom is 0.390 e. The fourth-order valence-electron chi connectivity index (χ4n) is 1.45. The molecule has 0 amide bonds. The third kappa shape index (κ3) is 5.61. The van der Waals surface area contributed by atoms with Crippen molar-refractivity contribution in [2.75, 3.05) is 13.1 Å². The zero-order chi connectivity index (χ0) is 11.5. The van der Waals surface area contributed by atoms with E-state index in [2.05, 4.69) is 0 Å². The van der Waals surface area contributed by atoms with Gasteiger partial charge >= 0.3 is 6.18 Å². The van der Waals surface area contributed by atoms with Gasteiger partial charge in [0.05, 0.1) is 12.3 Å². The summed E-state index contributed by atoms with van der Waals surface area (Å²) in [4.78, 5) is 1.79. The van der Waals surface area contributed by atoms with Gasteiger partial charge in [-0.05, 0) is 12.8 Å². The molecule has 1 aliphatic carbocycles. The Kier molecular flexibility index (Phi) is 3.96. The lowest BCUT2D eigenvalue weighted by Crippen LogP contribution is -2.33. The minimum atomic E-state index is -4.09. The summed E-state index contributed by atoms with van der Waals surface area (Å²) < 4.78 is 36.0. The highest BCUT2D eigenvalue weighted by molar-refractivity contribution is 5.76. The Bertz CT molecular complexity index is 223. The summed E-state index contributed by atoms with van der Waals surface area (Å²) in [7, 11) is 0. The zero-order valence-corrected chi connectivity index (χ0v) is 8.48. The number of hydrogen-bond donors (Lipinski definition) is 2. The minimum Gasteiger partial charge on any atom is -0.388 e. The molecule has 0 radical (unpaired) electrons. The lowest BCUT2D eigenvalue weighted by molar-refractivity contribution is -0.138. The fourth-order valence-corrected chi connectivity index (χ4v) is 1.45. The minimum absolute atomic E-state index is 0.0292. The number of rotatable bonds is 6. The summed E-state index contributed by atoms with van der Waals surface area (Å²) in [5.41, 5.74) is 5.18. The monoisotopic (exact) mass is 223 g/mol. The molecule has 0 heterocycles. The first-order valence-electron chi connectivity index (χ1n) is 5.02. The number of amidine groups is 1. The molecule has 0 aromatic rings. The average Bonchev–Trinajstić information content (AvgIpc) is 2.85. The van der Waals surface area contributed by atoms with Crippen LogP contribution in [0.2, 0.25) is 0 Å². The largest absolute Gasteiger partial charge is 0.390 e. The van der Waals surface area contributed by atoms with Crippen LogP contribution in [0.4, 0.5) is 13.2 Å². The van der Waals surface area contributed by atoms with Crippen molar-refractivity contribution in [1.82, 2.24) is 4.90 Å². The highest BCUT2D eigenvalue weighted by Gasteiger charge is 2.33. The normalized spacial score (nSPS) is 17.1. The highest BCUT2D eigenvalue weighted by Crippen LogP contribution is 2.29. The molecular formula is C9H16F3N3. The number of nitrogens with one attached hydrogen (secondary N) is 1. The van der Waals surface area contributed by atoms with Gasteiger partial charge in [0.1, 0.15) is 0 Å². The van der Waals surface area contributed by atoms with E-state index in [1.807, 2.05) is 0 Å². The quantitative estimate of drug-likeness (QED) is 0.532. The summed E-state index contributed by atoms with van der Waals surface area (Å²) in [6, 6.07) is 0.284. The van der Waals surface area contributed by atoms with Gasteiger partial charge < -0.3 is 5.73 Å². The summed E-state index contributed by atoms with van der Waals surface area (Å²) >= 11 is 0. The molecule has 0 spiro atoms. The number of alkyl halides is 3. The van der Waals surface area contributed by atoms with Crippen LogP contribution in [-0.2, 0) is 0 Å². The van der Waals surface area contributed by atoms with Crippen LogP contribution in [0.3, 0.4) is 0 Å². The molecule has 1 aliphatic rings. The number of hydrogen-bond acceptors (Lipinski definition) is 2. The van der Waals surface area contributed by atoms with E-state index in [1.54, 1.807) is 4.90 Å². The van der Waals surface area contributed by atoms with Crippen LogP contribution in [0, 0.1) is 5.41 Å². The predicted octanol–water partition coefficient (Wildman–Crippen LogP) is 1.73. The second-order valence-corrected chi connectivity index (χ2v) is 3.91. The average molecular weight is 223 g/mol. The van der Waals surface area contributed by atoms with Crippen LogP contribution < -0.4 is 5.73 Å². The molecule has 6 heteroatoms. The Morgan fingerprint density at radius 1 is 1.33 bits per heavy atom. The third-order valence-corrected chi connectivity index (χ3v) is 2.41. The standard InChI is InChI=1S/C9H16F3N3/c10-9(11,12)4-6-15(7-1-2-7)5-3-8(13)14/h7H,1-6H2,(H3,13,14). The van der Waals surface area contributed by atoms with Crippen molar-refractivity contribution in [3.63, 3.8) is 0 Å². The van der Waals surface area contributed by atoms with Crippen LogP contribution >= 0.6 is 0 Å². The van der Waals surface area contributed by atoms with Gasteiger partial charge in [-0.2, -0.15) is 13.2 Å². The number of halogens is 3. The Labute approximate surface area is 86.9 Å². The summed E-state index contributed by atoms with van der Waals surface area (Å²) in [5.74, 6) is 0.0349. The van der Waals surface area contributed by atoms with Crippen molar-refractivity contribution in [1.29, 1.82) is 5.41 Å². The lowest BCUT2D eigenvalue weighted by atomic mass is 10.3. The molecule has 3 N–H and O–H groups in total. The van der Waals surface area contributed by atoms with Gasteiger partial charge in [0.15, 0.2) is 0 Å². The van der Waals surface area contributed by atoms with Crippen molar-refractivity contribution < 1.29 is 13.2 Å². The van der Waals surface area contributed by atoms with Crippen LogP contribution in [0.15, 0.2) is 0 Å². The molecule has 15 heavy (non-hydrogen) atoms. The van der Waals surface area contributed by atoms with E-state index < -0.39 is 12.6 Å². The van der Waals surface area contributed by atoms with Gasteiger partial charge in [-0.1, -0.05) is 0 Å². The molecule has 1 fully saturated rings. The van der Waals surface area contributed by atoms with Gasteiger partial charge in [-0.25, -0.2) is 0 Å². The Hall–Kier alpha value is -0.780. The molecule has 1 saturated carbocycles. The second-order valence-electron chi connectivity index (χ2n) is 3.91. The van der Waals surface area contributed by atoms with Gasteiger partial charge in [0.25, 0.3) is 0 Å². The summed E-state index contributed by atoms with van der Waals surface area (Å²) in [6.45, 7) is 0.498. The Morgan fingerprint density at radius 2 is 1.93 bits per heavy atom. The predicted molar refractivity (Wildman–Crippen MR) is 51.8 cm³/mol. The van der Waals surface area contributed by atoms with Crippen molar-refractivity contribution in [3.8, 4) is 0 Å². The first kappa shape index (κ1) is 12.3.